The molecule has 0 fully saturated rings. The van der Waals surface area contributed by atoms with Gasteiger partial charge >= 0.3 is 6.03 Å². The zero-order valence-corrected chi connectivity index (χ0v) is 20.1. The number of hydrogen-bond donors (Lipinski definition) is 3. The van der Waals surface area contributed by atoms with E-state index in [1.54, 1.807) is 30.3 Å². The Bertz CT molecular complexity index is 1080. The van der Waals surface area contributed by atoms with Crippen molar-refractivity contribution in [2.75, 3.05) is 32.5 Å². The maximum Gasteiger partial charge on any atom is 0.319 e. The highest BCUT2D eigenvalue weighted by Crippen LogP contribution is 2.22. The lowest BCUT2D eigenvalue weighted by Crippen LogP contribution is -2.38. The van der Waals surface area contributed by atoms with Crippen LogP contribution in [0.25, 0.3) is 0 Å². The number of likely N-dealkylation sites (N-methyl/N-ethyl adjacent to an activating group) is 1. The number of benzene rings is 3. The fourth-order valence-electron chi connectivity index (χ4n) is 3.27. The molecule has 0 aliphatic heterocycles. The van der Waals surface area contributed by atoms with Gasteiger partial charge in [0.25, 0.3) is 0 Å². The van der Waals surface area contributed by atoms with E-state index in [0.29, 0.717) is 24.4 Å². The van der Waals surface area contributed by atoms with Gasteiger partial charge in [-0.05, 0) is 62.5 Å². The summed E-state index contributed by atoms with van der Waals surface area (Å²) < 4.78 is 5.79. The molecule has 0 aliphatic rings. The van der Waals surface area contributed by atoms with Crippen molar-refractivity contribution in [3.63, 3.8) is 0 Å². The van der Waals surface area contributed by atoms with Gasteiger partial charge in [-0.3, -0.25) is 4.79 Å². The Balaban J connectivity index is 1.57. The molecule has 0 saturated heterocycles. The Labute approximate surface area is 206 Å². The first-order chi connectivity index (χ1) is 17.0. The molecule has 0 aromatic heterocycles. The summed E-state index contributed by atoms with van der Waals surface area (Å²) in [4.78, 5) is 26.8. The number of anilines is 1. The second-order valence-corrected chi connectivity index (χ2v) is 8.29. The minimum Gasteiger partial charge on any atom is -0.457 e. The van der Waals surface area contributed by atoms with E-state index >= 15 is 0 Å². The second kappa shape index (κ2) is 13.6. The van der Waals surface area contributed by atoms with Crippen molar-refractivity contribution in [2.45, 2.75) is 12.5 Å². The Morgan fingerprint density at radius 1 is 0.886 bits per heavy atom. The maximum atomic E-state index is 12.7. The number of nitrogens with zero attached hydrogens (tertiary/aromatic N) is 1. The van der Waals surface area contributed by atoms with Crippen LogP contribution in [-0.4, -0.2) is 50.1 Å². The number of para-hydroxylation sites is 1. The summed E-state index contributed by atoms with van der Waals surface area (Å²) in [5.41, 5.74) is 1.68. The smallest absolute Gasteiger partial charge is 0.319 e. The van der Waals surface area contributed by atoms with E-state index in [1.165, 1.54) is 6.08 Å². The van der Waals surface area contributed by atoms with Gasteiger partial charge in [-0.25, -0.2) is 4.79 Å². The summed E-state index contributed by atoms with van der Waals surface area (Å²) in [5.74, 6) is 1.22. The fourth-order valence-corrected chi connectivity index (χ4v) is 3.27. The lowest BCUT2D eigenvalue weighted by atomic mass is 10.1. The Hall–Kier alpha value is -4.10. The van der Waals surface area contributed by atoms with Crippen LogP contribution < -0.4 is 20.7 Å². The zero-order chi connectivity index (χ0) is 24.9. The lowest BCUT2D eigenvalue weighted by molar-refractivity contribution is -0.116. The summed E-state index contributed by atoms with van der Waals surface area (Å²) in [5, 5.41) is 8.62. The van der Waals surface area contributed by atoms with Crippen LogP contribution >= 0.6 is 0 Å². The quantitative estimate of drug-likeness (QED) is 0.360. The number of nitrogens with one attached hydrogen (secondary N) is 3. The number of carbonyl (C=O) groups is 2. The van der Waals surface area contributed by atoms with E-state index in [0.717, 1.165) is 17.9 Å². The van der Waals surface area contributed by atoms with Crippen LogP contribution in [0.15, 0.2) is 97.1 Å². The molecule has 182 valence electrons. The molecule has 1 atom stereocenters. The van der Waals surface area contributed by atoms with E-state index in [2.05, 4.69) is 16.0 Å². The normalized spacial score (nSPS) is 11.7. The summed E-state index contributed by atoms with van der Waals surface area (Å²) in [6.45, 7) is 1.31. The molecule has 3 rings (SSSR count). The highest BCUT2D eigenvalue weighted by Gasteiger charge is 2.12. The molecule has 7 heteroatoms. The first kappa shape index (κ1) is 25.5. The molecule has 7 nitrogen and oxygen atoms in total. The monoisotopic (exact) mass is 472 g/mol. The molecule has 3 amide bonds. The molecule has 0 spiro atoms. The molecule has 0 bridgehead atoms. The average Bonchev–Trinajstić information content (AvgIpc) is 2.85. The molecule has 3 aromatic carbocycles. The van der Waals surface area contributed by atoms with Crippen molar-refractivity contribution in [1.82, 2.24) is 15.5 Å². The van der Waals surface area contributed by atoms with Gasteiger partial charge in [0.05, 0.1) is 6.04 Å². The molecule has 3 aromatic rings. The minimum atomic E-state index is -0.363. The van der Waals surface area contributed by atoms with E-state index in [-0.39, 0.29) is 18.0 Å². The standard InChI is InChI=1S/C28H32N4O3/c1-32(2)20-19-29-27(33)18-15-24(21-22-9-5-3-6-10-22)31-28(34)30-23-13-16-26(17-14-23)35-25-11-7-4-8-12-25/h3-18,24H,19-21H2,1-2H3,(H,29,33)(H2,30,31,34)/t24-/m1/s1. The Morgan fingerprint density at radius 2 is 1.51 bits per heavy atom. The van der Waals surface area contributed by atoms with E-state index in [4.69, 9.17) is 4.74 Å². The average molecular weight is 473 g/mol. The number of ether oxygens (including phenoxy) is 1. The van der Waals surface area contributed by atoms with Gasteiger partial charge in [0.15, 0.2) is 0 Å². The SMILES string of the molecule is CN(C)CCNC(=O)C=C[C@H](Cc1ccccc1)NC(=O)Nc1ccc(Oc2ccccc2)cc1. The number of rotatable bonds is 11. The number of amides is 3. The second-order valence-electron chi connectivity index (χ2n) is 8.29. The van der Waals surface area contributed by atoms with Gasteiger partial charge in [0, 0.05) is 24.9 Å². The van der Waals surface area contributed by atoms with Crippen LogP contribution in [0.2, 0.25) is 0 Å². The molecular weight excluding hydrogens is 440 g/mol. The summed E-state index contributed by atoms with van der Waals surface area (Å²) >= 11 is 0. The lowest BCUT2D eigenvalue weighted by Gasteiger charge is -2.16. The number of carbonyl (C=O) groups excluding carboxylic acids is 2. The highest BCUT2D eigenvalue weighted by atomic mass is 16.5. The van der Waals surface area contributed by atoms with Crippen molar-refractivity contribution in [3.05, 3.63) is 103 Å². The predicted molar refractivity (Wildman–Crippen MR) is 140 cm³/mol. The number of hydrogen-bond acceptors (Lipinski definition) is 4. The van der Waals surface area contributed by atoms with E-state index in [1.807, 2.05) is 79.7 Å². The first-order valence-corrected chi connectivity index (χ1v) is 11.5. The van der Waals surface area contributed by atoms with Crippen molar-refractivity contribution in [3.8, 4) is 11.5 Å². The summed E-state index contributed by atoms with van der Waals surface area (Å²) in [7, 11) is 3.90. The van der Waals surface area contributed by atoms with Gasteiger partial charge in [0.1, 0.15) is 11.5 Å². The topological polar surface area (TPSA) is 82.7 Å². The van der Waals surface area contributed by atoms with Crippen molar-refractivity contribution in [1.29, 1.82) is 0 Å². The third-order valence-corrected chi connectivity index (χ3v) is 5.04. The fraction of sp³-hybridized carbons (Fsp3) is 0.214. The van der Waals surface area contributed by atoms with Crippen molar-refractivity contribution < 1.29 is 14.3 Å². The first-order valence-electron chi connectivity index (χ1n) is 11.5. The maximum absolute atomic E-state index is 12.7. The predicted octanol–water partition coefficient (Wildman–Crippen LogP) is 4.45. The van der Waals surface area contributed by atoms with Crippen LogP contribution in [-0.2, 0) is 11.2 Å². The van der Waals surface area contributed by atoms with Crippen LogP contribution in [0.3, 0.4) is 0 Å². The van der Waals surface area contributed by atoms with Crippen LogP contribution in [0, 0.1) is 0 Å². The zero-order valence-electron chi connectivity index (χ0n) is 20.1. The molecule has 0 unspecified atom stereocenters. The van der Waals surface area contributed by atoms with E-state index in [9.17, 15) is 9.59 Å². The highest BCUT2D eigenvalue weighted by molar-refractivity contribution is 5.90. The number of urea groups is 1. The van der Waals surface area contributed by atoms with Crippen molar-refractivity contribution >= 4 is 17.6 Å². The molecule has 0 saturated carbocycles. The molecule has 0 aliphatic carbocycles. The van der Waals surface area contributed by atoms with Gasteiger partial charge in [-0.1, -0.05) is 54.6 Å². The van der Waals surface area contributed by atoms with Crippen LogP contribution in [0.4, 0.5) is 10.5 Å². The summed E-state index contributed by atoms with van der Waals surface area (Å²) in [6, 6.07) is 25.7. The van der Waals surface area contributed by atoms with Crippen LogP contribution in [0.1, 0.15) is 5.56 Å². The summed E-state index contributed by atoms with van der Waals surface area (Å²) in [6.07, 6.45) is 3.74. The molecule has 0 heterocycles. The van der Waals surface area contributed by atoms with Gasteiger partial charge < -0.3 is 25.6 Å². The minimum absolute atomic E-state index is 0.193. The van der Waals surface area contributed by atoms with Crippen LogP contribution in [0.5, 0.6) is 11.5 Å². The molecule has 0 radical (unpaired) electrons. The third kappa shape index (κ3) is 9.73. The van der Waals surface area contributed by atoms with Gasteiger partial charge in [0.2, 0.25) is 5.91 Å². The van der Waals surface area contributed by atoms with Gasteiger partial charge in [-0.15, -0.1) is 0 Å². The molecule has 35 heavy (non-hydrogen) atoms. The molecule has 3 N–H and O–H groups in total. The van der Waals surface area contributed by atoms with Crippen molar-refractivity contribution in [2.24, 2.45) is 0 Å². The Kier molecular flexibility index (Phi) is 9.89. The Morgan fingerprint density at radius 3 is 2.17 bits per heavy atom. The van der Waals surface area contributed by atoms with Gasteiger partial charge in [-0.2, -0.15) is 0 Å². The van der Waals surface area contributed by atoms with E-state index < -0.39 is 0 Å². The third-order valence-electron chi connectivity index (χ3n) is 5.04. The largest absolute Gasteiger partial charge is 0.457 e. The molecular formula is C28H32N4O3.